The third-order valence-corrected chi connectivity index (χ3v) is 6.70. The third kappa shape index (κ3) is 8.47. The number of pyridine rings is 1. The Morgan fingerprint density at radius 3 is 2.57 bits per heavy atom. The molecule has 4 amide bonds. The standard InChI is InChI=1S/C27H38N8O7/c1-6-15(2)21(32-26(41)42-27(3,4)5)24(39)31-18(9-10-20(36)37)25(40)35-19(12-16-8-7-11-28-22(16)35)23(38)29-13-17-14-30-34-33-17/h7-8,11,14-15,18-19,21H,6,9-10,12-13H2,1-5H3,(H,29,38)(H,31,39)(H,32,41)(H,36,37)(H,30,33,34)/t15-,18?,19?,21-/m0/s1. The van der Waals surface area contributed by atoms with Crippen LogP contribution in [0, 0.1) is 5.92 Å². The number of carboxylic acid groups (broad SMARTS) is 1. The van der Waals surface area contributed by atoms with Gasteiger partial charge in [0.25, 0.3) is 5.91 Å². The van der Waals surface area contributed by atoms with E-state index in [-0.39, 0.29) is 31.1 Å². The second-order valence-electron chi connectivity index (χ2n) is 11.1. The van der Waals surface area contributed by atoms with Crippen molar-refractivity contribution < 1.29 is 33.8 Å². The van der Waals surface area contributed by atoms with Crippen molar-refractivity contribution >= 4 is 35.6 Å². The number of amides is 4. The van der Waals surface area contributed by atoms with Crippen molar-refractivity contribution in [3.8, 4) is 0 Å². The van der Waals surface area contributed by atoms with Crippen molar-refractivity contribution in [3.05, 3.63) is 35.8 Å². The van der Waals surface area contributed by atoms with Crippen LogP contribution in [-0.2, 0) is 36.9 Å². The summed E-state index contributed by atoms with van der Waals surface area (Å²) in [6, 6.07) is 0.000775. The minimum Gasteiger partial charge on any atom is -0.481 e. The summed E-state index contributed by atoms with van der Waals surface area (Å²) in [5.41, 5.74) is 0.315. The van der Waals surface area contributed by atoms with Gasteiger partial charge in [0.2, 0.25) is 11.8 Å². The maximum Gasteiger partial charge on any atom is 0.408 e. The fourth-order valence-corrected chi connectivity index (χ4v) is 4.42. The first kappa shape index (κ1) is 32.0. The number of aromatic amines is 1. The van der Waals surface area contributed by atoms with E-state index in [1.807, 2.05) is 6.92 Å². The number of aliphatic carboxylic acids is 1. The van der Waals surface area contributed by atoms with Gasteiger partial charge >= 0.3 is 12.1 Å². The van der Waals surface area contributed by atoms with Crippen LogP contribution in [0.3, 0.4) is 0 Å². The molecule has 42 heavy (non-hydrogen) atoms. The molecule has 2 aromatic heterocycles. The van der Waals surface area contributed by atoms with Gasteiger partial charge in [0.1, 0.15) is 35.2 Å². The molecule has 0 saturated carbocycles. The molecule has 15 nitrogen and oxygen atoms in total. The summed E-state index contributed by atoms with van der Waals surface area (Å²) >= 11 is 0. The highest BCUT2D eigenvalue weighted by atomic mass is 16.6. The molecule has 0 spiro atoms. The predicted octanol–water partition coefficient (Wildman–Crippen LogP) is 1.06. The summed E-state index contributed by atoms with van der Waals surface area (Å²) in [7, 11) is 0. The van der Waals surface area contributed by atoms with Gasteiger partial charge in [0.15, 0.2) is 0 Å². The first-order chi connectivity index (χ1) is 19.8. The molecular weight excluding hydrogens is 548 g/mol. The van der Waals surface area contributed by atoms with Crippen molar-refractivity contribution in [1.82, 2.24) is 36.3 Å². The summed E-state index contributed by atoms with van der Waals surface area (Å²) in [5, 5.41) is 27.3. The van der Waals surface area contributed by atoms with E-state index in [1.54, 1.807) is 39.8 Å². The van der Waals surface area contributed by atoms with E-state index in [0.717, 1.165) is 0 Å². The third-order valence-electron chi connectivity index (χ3n) is 6.70. The van der Waals surface area contributed by atoms with Gasteiger partial charge in [-0.1, -0.05) is 31.5 Å². The number of nitrogens with one attached hydrogen (secondary N) is 4. The minimum atomic E-state index is -1.33. The van der Waals surface area contributed by atoms with Gasteiger partial charge in [-0.3, -0.25) is 29.2 Å². The van der Waals surface area contributed by atoms with Crippen molar-refractivity contribution in [2.75, 3.05) is 4.90 Å². The van der Waals surface area contributed by atoms with Crippen molar-refractivity contribution in [2.45, 2.75) is 90.6 Å². The number of anilines is 1. The molecule has 0 fully saturated rings. The summed E-state index contributed by atoms with van der Waals surface area (Å²) in [6.45, 7) is 8.71. The van der Waals surface area contributed by atoms with Crippen LogP contribution in [0.4, 0.5) is 10.6 Å². The Kier molecular flexibility index (Phi) is 10.6. The monoisotopic (exact) mass is 586 g/mol. The maximum atomic E-state index is 14.0. The van der Waals surface area contributed by atoms with E-state index in [4.69, 9.17) is 4.74 Å². The first-order valence-electron chi connectivity index (χ1n) is 13.7. The van der Waals surface area contributed by atoms with Crippen LogP contribution in [0.1, 0.15) is 65.1 Å². The second-order valence-corrected chi connectivity index (χ2v) is 11.1. The lowest BCUT2D eigenvalue weighted by molar-refractivity contribution is -0.138. The summed E-state index contributed by atoms with van der Waals surface area (Å²) in [5.74, 6) is -3.16. The van der Waals surface area contributed by atoms with Gasteiger partial charge in [-0.2, -0.15) is 0 Å². The zero-order valence-corrected chi connectivity index (χ0v) is 24.3. The molecule has 0 aromatic carbocycles. The number of ether oxygens (including phenoxy) is 1. The van der Waals surface area contributed by atoms with E-state index in [0.29, 0.717) is 17.7 Å². The first-order valence-corrected chi connectivity index (χ1v) is 13.7. The van der Waals surface area contributed by atoms with E-state index in [9.17, 15) is 29.1 Å². The lowest BCUT2D eigenvalue weighted by Crippen LogP contribution is -2.59. The Balaban J connectivity index is 1.87. The van der Waals surface area contributed by atoms with Crippen LogP contribution in [0.2, 0.25) is 0 Å². The molecule has 3 heterocycles. The fraction of sp³-hybridized carbons (Fsp3) is 0.556. The number of rotatable bonds is 12. The lowest BCUT2D eigenvalue weighted by atomic mass is 9.97. The molecule has 1 aliphatic rings. The zero-order chi connectivity index (χ0) is 31.0. The maximum absolute atomic E-state index is 14.0. The number of hydrogen-bond acceptors (Lipinski definition) is 9. The number of aromatic nitrogens is 4. The average molecular weight is 587 g/mol. The van der Waals surface area contributed by atoms with Crippen LogP contribution in [0.5, 0.6) is 0 Å². The Bertz CT molecular complexity index is 1280. The highest BCUT2D eigenvalue weighted by Crippen LogP contribution is 2.31. The number of carbonyl (C=O) groups excluding carboxylic acids is 4. The molecular formula is C27H38N8O7. The van der Waals surface area contributed by atoms with Crippen LogP contribution < -0.4 is 20.9 Å². The summed E-state index contributed by atoms with van der Waals surface area (Å²) in [6.07, 6.45) is 2.17. The van der Waals surface area contributed by atoms with Gasteiger partial charge in [-0.25, -0.2) is 9.78 Å². The Hall–Kier alpha value is -4.56. The normalized spacial score (nSPS) is 16.5. The summed E-state index contributed by atoms with van der Waals surface area (Å²) < 4.78 is 5.31. The smallest absolute Gasteiger partial charge is 0.408 e. The Morgan fingerprint density at radius 2 is 1.95 bits per heavy atom. The average Bonchev–Trinajstić information content (AvgIpc) is 3.58. The molecule has 1 aliphatic heterocycles. The highest BCUT2D eigenvalue weighted by Gasteiger charge is 2.43. The summed E-state index contributed by atoms with van der Waals surface area (Å²) in [4.78, 5) is 70.3. The van der Waals surface area contributed by atoms with Crippen molar-refractivity contribution in [2.24, 2.45) is 5.92 Å². The number of hydrogen-bond donors (Lipinski definition) is 5. The Morgan fingerprint density at radius 1 is 1.21 bits per heavy atom. The molecule has 5 N–H and O–H groups in total. The number of alkyl carbamates (subject to hydrolysis) is 1. The number of nitrogens with zero attached hydrogens (tertiary/aromatic N) is 4. The van der Waals surface area contributed by atoms with E-state index < -0.39 is 59.9 Å². The van der Waals surface area contributed by atoms with Gasteiger partial charge in [0.05, 0.1) is 6.54 Å². The lowest BCUT2D eigenvalue weighted by Gasteiger charge is -2.31. The van der Waals surface area contributed by atoms with Crippen LogP contribution in [0.25, 0.3) is 0 Å². The predicted molar refractivity (Wildman–Crippen MR) is 149 cm³/mol. The zero-order valence-electron chi connectivity index (χ0n) is 24.3. The largest absolute Gasteiger partial charge is 0.481 e. The molecule has 3 rings (SSSR count). The second kappa shape index (κ2) is 13.9. The molecule has 0 bridgehead atoms. The topological polar surface area (TPSA) is 209 Å². The van der Waals surface area contributed by atoms with Gasteiger partial charge in [-0.05, 0) is 44.7 Å². The van der Waals surface area contributed by atoms with E-state index in [1.165, 1.54) is 17.3 Å². The van der Waals surface area contributed by atoms with Crippen LogP contribution in [0.15, 0.2) is 24.5 Å². The molecule has 15 heteroatoms. The number of H-pyrrole nitrogens is 1. The quantitative estimate of drug-likeness (QED) is 0.239. The van der Waals surface area contributed by atoms with Crippen LogP contribution in [-0.4, -0.2) is 79.0 Å². The molecule has 228 valence electrons. The molecule has 0 saturated heterocycles. The highest BCUT2D eigenvalue weighted by molar-refractivity contribution is 6.06. The van der Waals surface area contributed by atoms with Gasteiger partial charge < -0.3 is 25.8 Å². The fourth-order valence-electron chi connectivity index (χ4n) is 4.42. The van der Waals surface area contributed by atoms with E-state index in [2.05, 4.69) is 36.3 Å². The van der Waals surface area contributed by atoms with Gasteiger partial charge in [-0.15, -0.1) is 5.10 Å². The van der Waals surface area contributed by atoms with Gasteiger partial charge in [0, 0.05) is 25.2 Å². The number of carbonyl (C=O) groups is 5. The number of fused-ring (bicyclic) bond motifs is 1. The number of carboxylic acids is 1. The minimum absolute atomic E-state index is 0.0593. The van der Waals surface area contributed by atoms with Crippen LogP contribution >= 0.6 is 0 Å². The SMILES string of the molecule is CC[C@H](C)[C@H](NC(=O)OC(C)(C)C)C(=O)NC(CCC(=O)O)C(=O)N1c2ncccc2CC1C(=O)NCc1c[nH]nn1. The van der Waals surface area contributed by atoms with E-state index >= 15 is 0 Å². The molecule has 2 aromatic rings. The van der Waals surface area contributed by atoms with Crippen molar-refractivity contribution in [1.29, 1.82) is 0 Å². The molecule has 0 radical (unpaired) electrons. The molecule has 4 atom stereocenters. The molecule has 2 unspecified atom stereocenters. The molecule has 0 aliphatic carbocycles. The Labute approximate surface area is 243 Å². The van der Waals surface area contributed by atoms with Crippen molar-refractivity contribution in [3.63, 3.8) is 0 Å².